The lowest BCUT2D eigenvalue weighted by molar-refractivity contribution is 0.454. The van der Waals surface area contributed by atoms with E-state index in [1.54, 1.807) is 12.5 Å². The molecule has 0 spiro atoms. The van der Waals surface area contributed by atoms with Crippen LogP contribution in [-0.4, -0.2) is 16.0 Å². The Kier molecular flexibility index (Phi) is 4.17. The molecule has 0 fully saturated rings. The van der Waals surface area contributed by atoms with Crippen molar-refractivity contribution in [2.45, 2.75) is 36.7 Å². The van der Waals surface area contributed by atoms with Gasteiger partial charge in [0.05, 0.1) is 6.20 Å². The first-order chi connectivity index (χ1) is 8.24. The Hall–Kier alpha value is -1.33. The fourth-order valence-electron chi connectivity index (χ4n) is 1.25. The van der Waals surface area contributed by atoms with Gasteiger partial charge in [-0.1, -0.05) is 19.9 Å². The molecule has 0 aliphatic rings. The number of hydrogen-bond donors (Lipinski definition) is 1. The molecule has 0 bridgehead atoms. The lowest BCUT2D eigenvalue weighted by Crippen LogP contribution is -2.21. The van der Waals surface area contributed by atoms with Gasteiger partial charge in [0.2, 0.25) is 0 Å². The van der Waals surface area contributed by atoms with E-state index >= 15 is 0 Å². The number of pyridine rings is 1. The van der Waals surface area contributed by atoms with E-state index in [0.29, 0.717) is 11.3 Å². The van der Waals surface area contributed by atoms with Gasteiger partial charge in [0.1, 0.15) is 11.3 Å². The molecule has 2 heterocycles. The lowest BCUT2D eigenvalue weighted by atomic mass is 10.2. The zero-order valence-corrected chi connectivity index (χ0v) is 10.7. The highest BCUT2D eigenvalue weighted by atomic mass is 32.2. The van der Waals surface area contributed by atoms with Gasteiger partial charge in [-0.3, -0.25) is 0 Å². The first kappa shape index (κ1) is 12.1. The molecule has 0 aliphatic heterocycles. The van der Waals surface area contributed by atoms with Crippen LogP contribution in [0.5, 0.6) is 0 Å². The Labute approximate surface area is 105 Å². The van der Waals surface area contributed by atoms with Crippen LogP contribution >= 0.6 is 11.8 Å². The van der Waals surface area contributed by atoms with E-state index in [2.05, 4.69) is 35.2 Å². The average Bonchev–Trinajstić information content (AvgIpc) is 2.81. The summed E-state index contributed by atoms with van der Waals surface area (Å²) in [7, 11) is 0. The normalized spacial score (nSPS) is 11.0. The predicted molar refractivity (Wildman–Crippen MR) is 66.8 cm³/mol. The van der Waals surface area contributed by atoms with Gasteiger partial charge < -0.3 is 9.73 Å². The summed E-state index contributed by atoms with van der Waals surface area (Å²) >= 11 is 1.42. The maximum atomic E-state index is 5.15. The number of rotatable bonds is 5. The van der Waals surface area contributed by atoms with Gasteiger partial charge in [-0.05, 0) is 23.4 Å². The Morgan fingerprint density at radius 1 is 1.35 bits per heavy atom. The molecule has 4 nitrogen and oxygen atoms in total. The summed E-state index contributed by atoms with van der Waals surface area (Å²) in [5, 5.41) is 4.85. The van der Waals surface area contributed by atoms with E-state index in [1.807, 2.05) is 12.3 Å². The minimum Gasteiger partial charge on any atom is -0.440 e. The van der Waals surface area contributed by atoms with Crippen molar-refractivity contribution in [3.63, 3.8) is 0 Å². The number of oxazole rings is 1. The second kappa shape index (κ2) is 5.84. The third-order valence-corrected chi connectivity index (χ3v) is 2.94. The first-order valence-corrected chi connectivity index (χ1v) is 6.31. The third kappa shape index (κ3) is 3.87. The molecule has 0 aromatic carbocycles. The van der Waals surface area contributed by atoms with Crippen molar-refractivity contribution < 1.29 is 4.42 Å². The van der Waals surface area contributed by atoms with Crippen LogP contribution in [0.15, 0.2) is 45.5 Å². The highest BCUT2D eigenvalue weighted by Gasteiger charge is 2.03. The van der Waals surface area contributed by atoms with Crippen LogP contribution in [0, 0.1) is 0 Å². The van der Waals surface area contributed by atoms with E-state index in [9.17, 15) is 0 Å². The second-order valence-electron chi connectivity index (χ2n) is 3.94. The number of hydrogen-bond acceptors (Lipinski definition) is 5. The monoisotopic (exact) mass is 249 g/mol. The number of nitrogens with zero attached hydrogens (tertiary/aromatic N) is 2. The molecule has 0 radical (unpaired) electrons. The van der Waals surface area contributed by atoms with Crippen LogP contribution in [0.2, 0.25) is 0 Å². The highest BCUT2D eigenvalue weighted by Crippen LogP contribution is 2.23. The molecule has 2 rings (SSSR count). The molecule has 2 aromatic rings. The topological polar surface area (TPSA) is 51.0 Å². The summed E-state index contributed by atoms with van der Waals surface area (Å²) in [6, 6.07) is 4.52. The van der Waals surface area contributed by atoms with Crippen molar-refractivity contribution in [1.29, 1.82) is 0 Å². The molecule has 1 N–H and O–H groups in total. The van der Waals surface area contributed by atoms with Crippen molar-refractivity contribution in [3.05, 3.63) is 36.4 Å². The van der Waals surface area contributed by atoms with Crippen molar-refractivity contribution in [2.75, 3.05) is 0 Å². The highest BCUT2D eigenvalue weighted by molar-refractivity contribution is 7.99. The van der Waals surface area contributed by atoms with Crippen molar-refractivity contribution in [2.24, 2.45) is 0 Å². The summed E-state index contributed by atoms with van der Waals surface area (Å²) in [5.41, 5.74) is 1.18. The molecule has 90 valence electrons. The fourth-order valence-corrected chi connectivity index (χ4v) is 1.89. The van der Waals surface area contributed by atoms with Gasteiger partial charge in [0.25, 0.3) is 5.22 Å². The maximum absolute atomic E-state index is 5.15. The summed E-state index contributed by atoms with van der Waals surface area (Å²) in [5.74, 6) is 0. The van der Waals surface area contributed by atoms with Gasteiger partial charge in [0.15, 0.2) is 0 Å². The van der Waals surface area contributed by atoms with Crippen LogP contribution < -0.4 is 5.32 Å². The van der Waals surface area contributed by atoms with Crippen LogP contribution in [0.25, 0.3) is 0 Å². The first-order valence-electron chi connectivity index (χ1n) is 5.49. The lowest BCUT2D eigenvalue weighted by Gasteiger charge is -2.07. The van der Waals surface area contributed by atoms with Crippen molar-refractivity contribution in [3.8, 4) is 0 Å². The molecule has 0 atom stereocenters. The molecule has 2 aromatic heterocycles. The standard InChI is InChI=1S/C12H15N3OS/c1-9(2)14-7-10-3-4-11(15-8-10)17-12-13-5-6-16-12/h3-6,8-9,14H,7H2,1-2H3. The van der Waals surface area contributed by atoms with Gasteiger partial charge in [-0.2, -0.15) is 0 Å². The molecule has 0 saturated heterocycles. The Balaban J connectivity index is 1.93. The van der Waals surface area contributed by atoms with Gasteiger partial charge in [-0.15, -0.1) is 0 Å². The number of aromatic nitrogens is 2. The molecule has 0 amide bonds. The zero-order valence-electron chi connectivity index (χ0n) is 9.88. The smallest absolute Gasteiger partial charge is 0.261 e. The van der Waals surface area contributed by atoms with E-state index < -0.39 is 0 Å². The van der Waals surface area contributed by atoms with Crippen LogP contribution in [0.4, 0.5) is 0 Å². The summed E-state index contributed by atoms with van der Waals surface area (Å²) < 4.78 is 5.15. The molecular formula is C12H15N3OS. The van der Waals surface area contributed by atoms with Crippen molar-refractivity contribution >= 4 is 11.8 Å². The molecule has 0 unspecified atom stereocenters. The Morgan fingerprint density at radius 3 is 2.82 bits per heavy atom. The summed E-state index contributed by atoms with van der Waals surface area (Å²) in [6.07, 6.45) is 5.06. The van der Waals surface area contributed by atoms with Crippen molar-refractivity contribution in [1.82, 2.24) is 15.3 Å². The van der Waals surface area contributed by atoms with Gasteiger partial charge in [0, 0.05) is 18.8 Å². The largest absolute Gasteiger partial charge is 0.440 e. The number of nitrogens with one attached hydrogen (secondary N) is 1. The Bertz CT molecular complexity index is 439. The van der Waals surface area contributed by atoms with Crippen LogP contribution in [-0.2, 0) is 6.54 Å². The molecule has 17 heavy (non-hydrogen) atoms. The molecular weight excluding hydrogens is 234 g/mol. The zero-order chi connectivity index (χ0) is 12.1. The Morgan fingerprint density at radius 2 is 2.24 bits per heavy atom. The van der Waals surface area contributed by atoms with E-state index in [1.165, 1.54) is 17.3 Å². The molecule has 5 heteroatoms. The fraction of sp³-hybridized carbons (Fsp3) is 0.333. The SMILES string of the molecule is CC(C)NCc1ccc(Sc2ncco2)nc1. The van der Waals surface area contributed by atoms with E-state index in [-0.39, 0.29) is 0 Å². The molecule has 0 aliphatic carbocycles. The maximum Gasteiger partial charge on any atom is 0.261 e. The third-order valence-electron chi connectivity index (χ3n) is 2.11. The van der Waals surface area contributed by atoms with Crippen LogP contribution in [0.3, 0.4) is 0 Å². The van der Waals surface area contributed by atoms with E-state index in [4.69, 9.17) is 4.42 Å². The second-order valence-corrected chi connectivity index (χ2v) is 4.91. The average molecular weight is 249 g/mol. The predicted octanol–water partition coefficient (Wildman–Crippen LogP) is 2.72. The summed E-state index contributed by atoms with van der Waals surface area (Å²) in [4.78, 5) is 8.39. The molecule has 0 saturated carbocycles. The summed E-state index contributed by atoms with van der Waals surface area (Å²) in [6.45, 7) is 5.09. The van der Waals surface area contributed by atoms with Gasteiger partial charge >= 0.3 is 0 Å². The quantitative estimate of drug-likeness (QED) is 0.883. The van der Waals surface area contributed by atoms with E-state index in [0.717, 1.165) is 11.6 Å². The minimum atomic E-state index is 0.483. The minimum absolute atomic E-state index is 0.483. The van der Waals surface area contributed by atoms with Crippen LogP contribution in [0.1, 0.15) is 19.4 Å². The van der Waals surface area contributed by atoms with Gasteiger partial charge in [-0.25, -0.2) is 9.97 Å².